The number of carbonyl (C=O) groups is 1. The van der Waals surface area contributed by atoms with Gasteiger partial charge in [0.15, 0.2) is 0 Å². The van der Waals surface area contributed by atoms with E-state index in [0.717, 1.165) is 4.68 Å². The van der Waals surface area contributed by atoms with Gasteiger partial charge in [-0.25, -0.2) is 4.68 Å². The molecule has 9 heteroatoms. The molecule has 0 aliphatic carbocycles. The maximum Gasteiger partial charge on any atom is 0.278 e. The van der Waals surface area contributed by atoms with Gasteiger partial charge in [0.05, 0.1) is 5.39 Å². The molecule has 1 amide bonds. The minimum absolute atomic E-state index is 0.226. The third kappa shape index (κ3) is 2.38. The number of aromatic nitrogens is 5. The highest BCUT2D eigenvalue weighted by molar-refractivity contribution is 7.13. The molecule has 20 heavy (non-hydrogen) atoms. The lowest BCUT2D eigenvalue weighted by Gasteiger charge is -2.04. The fourth-order valence-electron chi connectivity index (χ4n) is 1.65. The maximum atomic E-state index is 12.1. The van der Waals surface area contributed by atoms with Crippen molar-refractivity contribution in [2.24, 2.45) is 0 Å². The molecule has 0 spiro atoms. The molecular formula is C11H8N6O2S. The van der Waals surface area contributed by atoms with Crippen molar-refractivity contribution in [1.82, 2.24) is 25.2 Å². The number of anilines is 1. The second kappa shape index (κ2) is 5.13. The molecule has 0 aliphatic heterocycles. The van der Waals surface area contributed by atoms with Crippen LogP contribution in [0.15, 0.2) is 34.6 Å². The highest BCUT2D eigenvalue weighted by Crippen LogP contribution is 2.07. The summed E-state index contributed by atoms with van der Waals surface area (Å²) in [4.78, 5) is 23.9. The molecule has 0 saturated carbocycles. The first-order valence-corrected chi connectivity index (χ1v) is 6.50. The standard InChI is InChI=1S/C11H8N6O2S/c18-9(13-11-15-12-6-20-11)5-17-10(19)7-3-1-2-4-8(7)14-16-17/h1-4,6H,5H2,(H,13,15,18). The van der Waals surface area contributed by atoms with Gasteiger partial charge in [-0.05, 0) is 12.1 Å². The molecular weight excluding hydrogens is 280 g/mol. The minimum atomic E-state index is -0.409. The van der Waals surface area contributed by atoms with E-state index < -0.39 is 5.91 Å². The normalized spacial score (nSPS) is 10.6. The number of fused-ring (bicyclic) bond motifs is 1. The van der Waals surface area contributed by atoms with Gasteiger partial charge in [0.25, 0.3) is 5.56 Å². The SMILES string of the molecule is O=C(Cn1nnc2ccccc2c1=O)Nc1nncs1. The molecule has 0 atom stereocenters. The Morgan fingerprint density at radius 3 is 2.95 bits per heavy atom. The van der Waals surface area contributed by atoms with Gasteiger partial charge in [-0.15, -0.1) is 15.3 Å². The molecule has 0 fully saturated rings. The van der Waals surface area contributed by atoms with Crippen molar-refractivity contribution in [2.45, 2.75) is 6.54 Å². The molecule has 0 radical (unpaired) electrons. The summed E-state index contributed by atoms with van der Waals surface area (Å²) in [5, 5.41) is 18.2. The van der Waals surface area contributed by atoms with Crippen LogP contribution in [0.4, 0.5) is 5.13 Å². The number of amides is 1. The summed E-state index contributed by atoms with van der Waals surface area (Å²) in [6.07, 6.45) is 0. The van der Waals surface area contributed by atoms with Gasteiger partial charge in [0.1, 0.15) is 17.6 Å². The van der Waals surface area contributed by atoms with E-state index in [1.54, 1.807) is 24.3 Å². The number of hydrogen-bond acceptors (Lipinski definition) is 7. The van der Waals surface area contributed by atoms with Crippen molar-refractivity contribution in [3.05, 3.63) is 40.1 Å². The number of carbonyl (C=O) groups excluding carboxylic acids is 1. The molecule has 1 N–H and O–H groups in total. The van der Waals surface area contributed by atoms with Crippen LogP contribution in [0.5, 0.6) is 0 Å². The second-order valence-electron chi connectivity index (χ2n) is 3.86. The van der Waals surface area contributed by atoms with Crippen LogP contribution in [0.25, 0.3) is 10.9 Å². The molecule has 0 saturated heterocycles. The molecule has 8 nitrogen and oxygen atoms in total. The van der Waals surface area contributed by atoms with Crippen LogP contribution < -0.4 is 10.9 Å². The summed E-state index contributed by atoms with van der Waals surface area (Å²) in [6, 6.07) is 6.83. The Balaban J connectivity index is 1.86. The zero-order valence-electron chi connectivity index (χ0n) is 10.1. The van der Waals surface area contributed by atoms with Crippen molar-refractivity contribution in [2.75, 3.05) is 5.32 Å². The largest absolute Gasteiger partial charge is 0.299 e. The van der Waals surface area contributed by atoms with Crippen LogP contribution in [0.1, 0.15) is 0 Å². The number of benzene rings is 1. The van der Waals surface area contributed by atoms with E-state index in [0.29, 0.717) is 16.0 Å². The number of hydrogen-bond donors (Lipinski definition) is 1. The lowest BCUT2D eigenvalue weighted by atomic mass is 10.2. The smallest absolute Gasteiger partial charge is 0.278 e. The topological polar surface area (TPSA) is 103 Å². The van der Waals surface area contributed by atoms with Crippen LogP contribution in [-0.2, 0) is 11.3 Å². The number of nitrogens with one attached hydrogen (secondary N) is 1. The quantitative estimate of drug-likeness (QED) is 0.742. The Hall–Kier alpha value is -2.68. The Morgan fingerprint density at radius 1 is 1.30 bits per heavy atom. The zero-order chi connectivity index (χ0) is 13.9. The van der Waals surface area contributed by atoms with Crippen LogP contribution in [0.3, 0.4) is 0 Å². The second-order valence-corrected chi connectivity index (χ2v) is 4.69. The Kier molecular flexibility index (Phi) is 3.17. The Labute approximate surface area is 116 Å². The summed E-state index contributed by atoms with van der Waals surface area (Å²) >= 11 is 1.19. The maximum absolute atomic E-state index is 12.1. The van der Waals surface area contributed by atoms with Crippen molar-refractivity contribution >= 4 is 33.3 Å². The van der Waals surface area contributed by atoms with Crippen molar-refractivity contribution in [3.63, 3.8) is 0 Å². The Morgan fingerprint density at radius 2 is 2.15 bits per heavy atom. The highest BCUT2D eigenvalue weighted by atomic mass is 32.1. The predicted molar refractivity (Wildman–Crippen MR) is 72.3 cm³/mol. The molecule has 2 heterocycles. The van der Waals surface area contributed by atoms with E-state index in [4.69, 9.17) is 0 Å². The van der Waals surface area contributed by atoms with Gasteiger partial charge >= 0.3 is 0 Å². The minimum Gasteiger partial charge on any atom is -0.299 e. The summed E-state index contributed by atoms with van der Waals surface area (Å²) in [6.45, 7) is -0.226. The van der Waals surface area contributed by atoms with E-state index in [2.05, 4.69) is 25.8 Å². The van der Waals surface area contributed by atoms with Crippen molar-refractivity contribution < 1.29 is 4.79 Å². The third-order valence-electron chi connectivity index (χ3n) is 2.53. The lowest BCUT2D eigenvalue weighted by Crippen LogP contribution is -2.30. The fourth-order valence-corrected chi connectivity index (χ4v) is 2.11. The van der Waals surface area contributed by atoms with Crippen LogP contribution in [0.2, 0.25) is 0 Å². The van der Waals surface area contributed by atoms with Gasteiger partial charge in [-0.3, -0.25) is 14.9 Å². The number of nitrogens with zero attached hydrogens (tertiary/aromatic N) is 5. The molecule has 0 bridgehead atoms. The third-order valence-corrected chi connectivity index (χ3v) is 3.14. The van der Waals surface area contributed by atoms with Crippen molar-refractivity contribution in [3.8, 4) is 0 Å². The summed E-state index contributed by atoms with van der Waals surface area (Å²) in [5.74, 6) is -0.409. The van der Waals surface area contributed by atoms with E-state index in [1.807, 2.05) is 0 Å². The van der Waals surface area contributed by atoms with Gasteiger partial charge < -0.3 is 0 Å². The molecule has 1 aromatic carbocycles. The lowest BCUT2D eigenvalue weighted by molar-refractivity contribution is -0.117. The highest BCUT2D eigenvalue weighted by Gasteiger charge is 2.10. The fraction of sp³-hybridized carbons (Fsp3) is 0.0909. The molecule has 2 aromatic heterocycles. The molecule has 3 aromatic rings. The average molecular weight is 288 g/mol. The van der Waals surface area contributed by atoms with E-state index in [9.17, 15) is 9.59 Å². The van der Waals surface area contributed by atoms with Crippen LogP contribution in [0, 0.1) is 0 Å². The van der Waals surface area contributed by atoms with Crippen LogP contribution >= 0.6 is 11.3 Å². The van der Waals surface area contributed by atoms with E-state index in [-0.39, 0.29) is 12.1 Å². The van der Waals surface area contributed by atoms with Gasteiger partial charge in [0.2, 0.25) is 11.0 Å². The molecule has 0 aliphatic rings. The zero-order valence-corrected chi connectivity index (χ0v) is 10.9. The van der Waals surface area contributed by atoms with Gasteiger partial charge in [-0.2, -0.15) is 0 Å². The predicted octanol–water partition coefficient (Wildman–Crippen LogP) is 0.282. The first-order chi connectivity index (χ1) is 9.74. The summed E-state index contributed by atoms with van der Waals surface area (Å²) in [7, 11) is 0. The van der Waals surface area contributed by atoms with E-state index >= 15 is 0 Å². The molecule has 3 rings (SSSR count). The average Bonchev–Trinajstić information content (AvgIpc) is 2.95. The summed E-state index contributed by atoms with van der Waals surface area (Å²) in [5.41, 5.74) is 1.64. The summed E-state index contributed by atoms with van der Waals surface area (Å²) < 4.78 is 1.01. The number of rotatable bonds is 3. The first-order valence-electron chi connectivity index (χ1n) is 5.62. The first kappa shape index (κ1) is 12.4. The molecule has 0 unspecified atom stereocenters. The van der Waals surface area contributed by atoms with Gasteiger partial charge in [-0.1, -0.05) is 28.7 Å². The van der Waals surface area contributed by atoms with E-state index in [1.165, 1.54) is 16.8 Å². The molecule has 100 valence electrons. The van der Waals surface area contributed by atoms with Crippen molar-refractivity contribution in [1.29, 1.82) is 0 Å². The van der Waals surface area contributed by atoms with Gasteiger partial charge in [0, 0.05) is 0 Å². The van der Waals surface area contributed by atoms with Crippen LogP contribution in [-0.4, -0.2) is 31.1 Å². The Bertz CT molecular complexity index is 813. The monoisotopic (exact) mass is 288 g/mol.